The minimum absolute atomic E-state index is 0.528. The zero-order chi connectivity index (χ0) is 9.97. The molecular formula is C11H14N2S. The van der Waals surface area contributed by atoms with Crippen molar-refractivity contribution in [2.24, 2.45) is 0 Å². The zero-order valence-corrected chi connectivity index (χ0v) is 9.27. The summed E-state index contributed by atoms with van der Waals surface area (Å²) in [6.45, 7) is 2.19. The van der Waals surface area contributed by atoms with Crippen molar-refractivity contribution in [3.05, 3.63) is 29.3 Å². The van der Waals surface area contributed by atoms with Gasteiger partial charge in [-0.1, -0.05) is 6.07 Å². The Hall–Kier alpha value is -0.930. The van der Waals surface area contributed by atoms with E-state index in [4.69, 9.17) is 0 Å². The molecule has 0 radical (unpaired) electrons. The van der Waals surface area contributed by atoms with Crippen molar-refractivity contribution in [3.8, 4) is 0 Å². The molecule has 2 aromatic rings. The molecule has 0 bridgehead atoms. The summed E-state index contributed by atoms with van der Waals surface area (Å²) in [6.07, 6.45) is 1.07. The van der Waals surface area contributed by atoms with E-state index in [1.54, 1.807) is 11.3 Å². The second-order valence-corrected chi connectivity index (χ2v) is 4.43. The second kappa shape index (κ2) is 4.07. The topological polar surface area (TPSA) is 24.9 Å². The summed E-state index contributed by atoms with van der Waals surface area (Å²) >= 11 is 1.70. The molecule has 3 heteroatoms. The first kappa shape index (κ1) is 9.62. The summed E-state index contributed by atoms with van der Waals surface area (Å²) in [6, 6.07) is 7.03. The molecule has 0 saturated heterocycles. The number of aromatic nitrogens is 1. The van der Waals surface area contributed by atoms with Crippen LogP contribution in [0.4, 0.5) is 0 Å². The summed E-state index contributed by atoms with van der Waals surface area (Å²) in [7, 11) is 2.00. The molecule has 1 aromatic heterocycles. The van der Waals surface area contributed by atoms with Crippen LogP contribution in [0.25, 0.3) is 10.2 Å². The molecule has 0 fully saturated rings. The Bertz CT molecular complexity index is 422. The van der Waals surface area contributed by atoms with Crippen molar-refractivity contribution >= 4 is 21.6 Å². The molecule has 2 rings (SSSR count). The summed E-state index contributed by atoms with van der Waals surface area (Å²) in [5.41, 5.74) is 4.38. The third-order valence-corrected chi connectivity index (χ3v) is 3.22. The van der Waals surface area contributed by atoms with E-state index < -0.39 is 0 Å². The van der Waals surface area contributed by atoms with E-state index in [1.807, 2.05) is 12.6 Å². The lowest BCUT2D eigenvalue weighted by atomic mass is 10.1. The number of thiazole rings is 1. The van der Waals surface area contributed by atoms with Gasteiger partial charge in [0, 0.05) is 6.04 Å². The molecule has 1 aromatic carbocycles. The van der Waals surface area contributed by atoms with E-state index in [2.05, 4.69) is 35.4 Å². The highest BCUT2D eigenvalue weighted by Crippen LogP contribution is 2.19. The largest absolute Gasteiger partial charge is 0.317 e. The van der Waals surface area contributed by atoms with Gasteiger partial charge in [0.15, 0.2) is 0 Å². The highest BCUT2D eigenvalue weighted by Gasteiger charge is 2.02. The summed E-state index contributed by atoms with van der Waals surface area (Å²) in [5.74, 6) is 0. The Morgan fingerprint density at radius 2 is 2.36 bits per heavy atom. The van der Waals surface area contributed by atoms with Gasteiger partial charge in [-0.15, -0.1) is 11.3 Å². The standard InChI is InChI=1S/C11H14N2S/c1-8(12-2)5-9-3-4-10-11(6-9)14-7-13-10/h3-4,6-8,12H,5H2,1-2H3. The average molecular weight is 206 g/mol. The molecule has 0 aliphatic rings. The Morgan fingerprint density at radius 1 is 1.50 bits per heavy atom. The molecule has 0 aliphatic heterocycles. The number of fused-ring (bicyclic) bond motifs is 1. The van der Waals surface area contributed by atoms with Crippen LogP contribution in [0.2, 0.25) is 0 Å². The minimum atomic E-state index is 0.528. The van der Waals surface area contributed by atoms with Gasteiger partial charge >= 0.3 is 0 Å². The van der Waals surface area contributed by atoms with Crippen LogP contribution in [0.5, 0.6) is 0 Å². The molecular weight excluding hydrogens is 192 g/mol. The van der Waals surface area contributed by atoms with Crippen molar-refractivity contribution in [3.63, 3.8) is 0 Å². The van der Waals surface area contributed by atoms with E-state index in [-0.39, 0.29) is 0 Å². The van der Waals surface area contributed by atoms with Crippen molar-refractivity contribution in [1.82, 2.24) is 10.3 Å². The number of nitrogens with one attached hydrogen (secondary N) is 1. The number of nitrogens with zero attached hydrogens (tertiary/aromatic N) is 1. The minimum Gasteiger partial charge on any atom is -0.317 e. The van der Waals surface area contributed by atoms with Crippen molar-refractivity contribution < 1.29 is 0 Å². The van der Waals surface area contributed by atoms with Gasteiger partial charge in [0.25, 0.3) is 0 Å². The lowest BCUT2D eigenvalue weighted by Crippen LogP contribution is -2.23. The van der Waals surface area contributed by atoms with Crippen LogP contribution in [-0.4, -0.2) is 18.1 Å². The van der Waals surface area contributed by atoms with Crippen LogP contribution in [0.3, 0.4) is 0 Å². The number of hydrogen-bond donors (Lipinski definition) is 1. The fourth-order valence-corrected chi connectivity index (χ4v) is 2.22. The molecule has 1 heterocycles. The fourth-order valence-electron chi connectivity index (χ4n) is 1.48. The Balaban J connectivity index is 2.25. The summed E-state index contributed by atoms with van der Waals surface area (Å²) in [4.78, 5) is 4.26. The zero-order valence-electron chi connectivity index (χ0n) is 8.45. The van der Waals surface area contributed by atoms with Gasteiger partial charge in [-0.05, 0) is 38.1 Å². The lowest BCUT2D eigenvalue weighted by Gasteiger charge is -2.09. The molecule has 0 saturated carbocycles. The second-order valence-electron chi connectivity index (χ2n) is 3.55. The summed E-state index contributed by atoms with van der Waals surface area (Å²) in [5, 5.41) is 3.24. The first-order chi connectivity index (χ1) is 6.79. The third kappa shape index (κ3) is 1.94. The molecule has 0 spiro atoms. The van der Waals surface area contributed by atoms with E-state index in [9.17, 15) is 0 Å². The first-order valence-corrected chi connectivity index (χ1v) is 5.67. The van der Waals surface area contributed by atoms with Crippen LogP contribution in [0.15, 0.2) is 23.7 Å². The van der Waals surface area contributed by atoms with Gasteiger partial charge in [-0.3, -0.25) is 0 Å². The predicted octanol–water partition coefficient (Wildman–Crippen LogP) is 2.45. The van der Waals surface area contributed by atoms with Gasteiger partial charge in [0.05, 0.1) is 15.7 Å². The maximum Gasteiger partial charge on any atom is 0.0812 e. The van der Waals surface area contributed by atoms with Crippen molar-refractivity contribution in [2.75, 3.05) is 7.05 Å². The maximum atomic E-state index is 4.26. The highest BCUT2D eigenvalue weighted by molar-refractivity contribution is 7.16. The Labute approximate surface area is 88.0 Å². The maximum absolute atomic E-state index is 4.26. The molecule has 1 unspecified atom stereocenters. The van der Waals surface area contributed by atoms with Gasteiger partial charge in [-0.25, -0.2) is 4.98 Å². The van der Waals surface area contributed by atoms with Crippen LogP contribution < -0.4 is 5.32 Å². The molecule has 0 aliphatic carbocycles. The lowest BCUT2D eigenvalue weighted by molar-refractivity contribution is 0.609. The average Bonchev–Trinajstić information content (AvgIpc) is 2.64. The van der Waals surface area contributed by atoms with E-state index in [0.717, 1.165) is 11.9 Å². The SMILES string of the molecule is CNC(C)Cc1ccc2ncsc2c1. The Kier molecular flexibility index (Phi) is 2.79. The number of hydrogen-bond acceptors (Lipinski definition) is 3. The third-order valence-electron chi connectivity index (χ3n) is 2.43. The van der Waals surface area contributed by atoms with Gasteiger partial charge in [0.1, 0.15) is 0 Å². The van der Waals surface area contributed by atoms with Crippen LogP contribution in [-0.2, 0) is 6.42 Å². The molecule has 74 valence electrons. The number of rotatable bonds is 3. The van der Waals surface area contributed by atoms with Gasteiger partial charge in [0.2, 0.25) is 0 Å². The van der Waals surface area contributed by atoms with Crippen molar-refractivity contribution in [1.29, 1.82) is 0 Å². The number of likely N-dealkylation sites (N-methyl/N-ethyl adjacent to an activating group) is 1. The highest BCUT2D eigenvalue weighted by atomic mass is 32.1. The molecule has 1 N–H and O–H groups in total. The van der Waals surface area contributed by atoms with E-state index in [1.165, 1.54) is 10.3 Å². The van der Waals surface area contributed by atoms with E-state index >= 15 is 0 Å². The smallest absolute Gasteiger partial charge is 0.0812 e. The molecule has 14 heavy (non-hydrogen) atoms. The molecule has 2 nitrogen and oxygen atoms in total. The van der Waals surface area contributed by atoms with Gasteiger partial charge in [-0.2, -0.15) is 0 Å². The normalized spacial score (nSPS) is 13.3. The van der Waals surface area contributed by atoms with Gasteiger partial charge < -0.3 is 5.32 Å². The van der Waals surface area contributed by atoms with Crippen LogP contribution in [0.1, 0.15) is 12.5 Å². The molecule has 0 amide bonds. The fraction of sp³-hybridized carbons (Fsp3) is 0.364. The predicted molar refractivity (Wildman–Crippen MR) is 61.8 cm³/mol. The first-order valence-electron chi connectivity index (χ1n) is 4.79. The molecule has 1 atom stereocenters. The number of benzene rings is 1. The Morgan fingerprint density at radius 3 is 3.14 bits per heavy atom. The monoisotopic (exact) mass is 206 g/mol. The van der Waals surface area contributed by atoms with Crippen molar-refractivity contribution in [2.45, 2.75) is 19.4 Å². The summed E-state index contributed by atoms with van der Waals surface area (Å²) < 4.78 is 1.28. The van der Waals surface area contributed by atoms with E-state index in [0.29, 0.717) is 6.04 Å². The quantitative estimate of drug-likeness (QED) is 0.834. The van der Waals surface area contributed by atoms with Crippen LogP contribution in [0, 0.1) is 0 Å². The van der Waals surface area contributed by atoms with Crippen LogP contribution >= 0.6 is 11.3 Å².